The molecule has 0 fully saturated rings. The minimum atomic E-state index is 0.132. The molecule has 2 nitrogen and oxygen atoms in total. The van der Waals surface area contributed by atoms with Gasteiger partial charge in [-0.2, -0.15) is 0 Å². The first kappa shape index (κ1) is 9.65. The summed E-state index contributed by atoms with van der Waals surface area (Å²) in [6.45, 7) is 10.9. The van der Waals surface area contributed by atoms with Gasteiger partial charge in [0.25, 0.3) is 0 Å². The fraction of sp³-hybridized carbons (Fsp3) is 0.778. The van der Waals surface area contributed by atoms with Gasteiger partial charge in [-0.1, -0.05) is 39.1 Å². The van der Waals surface area contributed by atoms with Crippen LogP contribution >= 0.6 is 11.5 Å². The number of hydrogen-bond donors (Lipinski definition) is 0. The normalized spacial score (nSPS) is 12.5. The van der Waals surface area contributed by atoms with E-state index in [1.807, 2.05) is 0 Å². The second kappa shape index (κ2) is 3.13. The minimum Gasteiger partial charge on any atom is -0.142 e. The average molecular weight is 184 g/mol. The molecule has 0 atom stereocenters. The standard InChI is InChI=1S/C9H16N2S/c1-6(2)7-8(9(3,4)5)10-11-12-7/h6H,1-5H3. The summed E-state index contributed by atoms with van der Waals surface area (Å²) in [6.07, 6.45) is 0. The van der Waals surface area contributed by atoms with Gasteiger partial charge in [-0.3, -0.25) is 0 Å². The Balaban J connectivity index is 3.08. The van der Waals surface area contributed by atoms with E-state index in [0.717, 1.165) is 5.69 Å². The van der Waals surface area contributed by atoms with E-state index in [4.69, 9.17) is 0 Å². The number of rotatable bonds is 1. The Morgan fingerprint density at radius 3 is 2.17 bits per heavy atom. The third kappa shape index (κ3) is 1.83. The van der Waals surface area contributed by atoms with Gasteiger partial charge in [-0.25, -0.2) is 0 Å². The van der Waals surface area contributed by atoms with E-state index in [1.165, 1.54) is 16.4 Å². The van der Waals surface area contributed by atoms with Crippen LogP contribution in [-0.4, -0.2) is 9.59 Å². The first-order valence-electron chi connectivity index (χ1n) is 4.25. The third-order valence-corrected chi connectivity index (χ3v) is 2.77. The van der Waals surface area contributed by atoms with Gasteiger partial charge >= 0.3 is 0 Å². The zero-order valence-electron chi connectivity index (χ0n) is 8.38. The first-order valence-corrected chi connectivity index (χ1v) is 5.03. The van der Waals surface area contributed by atoms with Crippen LogP contribution in [0.15, 0.2) is 0 Å². The molecule has 0 radical (unpaired) electrons. The topological polar surface area (TPSA) is 25.8 Å². The Labute approximate surface area is 78.2 Å². The Kier molecular flexibility index (Phi) is 2.52. The molecule has 3 heteroatoms. The summed E-state index contributed by atoms with van der Waals surface area (Å²) >= 11 is 1.52. The summed E-state index contributed by atoms with van der Waals surface area (Å²) < 4.78 is 4.00. The molecule has 68 valence electrons. The zero-order chi connectivity index (χ0) is 9.35. The third-order valence-electron chi connectivity index (χ3n) is 1.75. The molecule has 0 aliphatic heterocycles. The quantitative estimate of drug-likeness (QED) is 0.670. The van der Waals surface area contributed by atoms with E-state index in [1.54, 1.807) is 0 Å². The Morgan fingerprint density at radius 1 is 1.25 bits per heavy atom. The second-order valence-electron chi connectivity index (χ2n) is 4.39. The van der Waals surface area contributed by atoms with E-state index in [-0.39, 0.29) is 5.41 Å². The summed E-state index contributed by atoms with van der Waals surface area (Å²) in [5, 5.41) is 4.18. The molecular weight excluding hydrogens is 168 g/mol. The molecule has 0 aromatic carbocycles. The van der Waals surface area contributed by atoms with Crippen molar-refractivity contribution in [1.29, 1.82) is 0 Å². The van der Waals surface area contributed by atoms with Crippen LogP contribution in [0, 0.1) is 0 Å². The Bertz CT molecular complexity index is 258. The van der Waals surface area contributed by atoms with E-state index >= 15 is 0 Å². The molecule has 0 spiro atoms. The van der Waals surface area contributed by atoms with Gasteiger partial charge in [0, 0.05) is 5.41 Å². The van der Waals surface area contributed by atoms with Gasteiger partial charge in [0.15, 0.2) is 0 Å². The lowest BCUT2D eigenvalue weighted by molar-refractivity contribution is 0.556. The summed E-state index contributed by atoms with van der Waals surface area (Å²) in [5.74, 6) is 0.541. The lowest BCUT2D eigenvalue weighted by Crippen LogP contribution is -2.14. The smallest absolute Gasteiger partial charge is 0.0843 e. The minimum absolute atomic E-state index is 0.132. The maximum atomic E-state index is 4.18. The fourth-order valence-corrected chi connectivity index (χ4v) is 1.95. The van der Waals surface area contributed by atoms with Crippen molar-refractivity contribution in [3.05, 3.63) is 10.6 Å². The molecule has 0 saturated carbocycles. The Morgan fingerprint density at radius 2 is 1.83 bits per heavy atom. The van der Waals surface area contributed by atoms with Gasteiger partial charge in [0.05, 0.1) is 10.6 Å². The summed E-state index contributed by atoms with van der Waals surface area (Å²) in [6, 6.07) is 0. The molecule has 0 amide bonds. The lowest BCUT2D eigenvalue weighted by Gasteiger charge is -2.17. The summed E-state index contributed by atoms with van der Waals surface area (Å²) in [5.41, 5.74) is 1.29. The largest absolute Gasteiger partial charge is 0.142 e. The molecule has 12 heavy (non-hydrogen) atoms. The van der Waals surface area contributed by atoms with Crippen molar-refractivity contribution in [1.82, 2.24) is 9.59 Å². The lowest BCUT2D eigenvalue weighted by atomic mass is 9.89. The maximum Gasteiger partial charge on any atom is 0.0843 e. The summed E-state index contributed by atoms with van der Waals surface area (Å²) in [4.78, 5) is 1.32. The first-order chi connectivity index (χ1) is 5.43. The van der Waals surface area contributed by atoms with E-state index in [2.05, 4.69) is 44.2 Å². The predicted octanol–water partition coefficient (Wildman–Crippen LogP) is 2.96. The molecule has 1 aromatic rings. The predicted molar refractivity (Wildman–Crippen MR) is 52.7 cm³/mol. The Hall–Kier alpha value is -0.440. The molecule has 0 aliphatic rings. The van der Waals surface area contributed by atoms with Gasteiger partial charge < -0.3 is 0 Å². The van der Waals surface area contributed by atoms with Crippen LogP contribution in [0.5, 0.6) is 0 Å². The van der Waals surface area contributed by atoms with Crippen LogP contribution < -0.4 is 0 Å². The fourth-order valence-electron chi connectivity index (χ4n) is 1.10. The SMILES string of the molecule is CC(C)c1snnc1C(C)(C)C. The van der Waals surface area contributed by atoms with Gasteiger partial charge in [0.2, 0.25) is 0 Å². The van der Waals surface area contributed by atoms with Gasteiger partial charge in [-0.05, 0) is 17.5 Å². The summed E-state index contributed by atoms with van der Waals surface area (Å²) in [7, 11) is 0. The van der Waals surface area contributed by atoms with Crippen LogP contribution in [0.4, 0.5) is 0 Å². The molecule has 0 bridgehead atoms. The molecule has 0 unspecified atom stereocenters. The average Bonchev–Trinajstić information content (AvgIpc) is 2.30. The van der Waals surface area contributed by atoms with Crippen LogP contribution in [0.1, 0.15) is 51.1 Å². The molecule has 1 aromatic heterocycles. The van der Waals surface area contributed by atoms with E-state index < -0.39 is 0 Å². The molecule has 0 N–H and O–H groups in total. The molecule has 1 rings (SSSR count). The van der Waals surface area contributed by atoms with Gasteiger partial charge in [-0.15, -0.1) is 5.10 Å². The van der Waals surface area contributed by atoms with Crippen molar-refractivity contribution in [2.75, 3.05) is 0 Å². The van der Waals surface area contributed by atoms with Crippen molar-refractivity contribution in [3.63, 3.8) is 0 Å². The second-order valence-corrected chi connectivity index (χ2v) is 5.18. The maximum absolute atomic E-state index is 4.18. The highest BCUT2D eigenvalue weighted by atomic mass is 32.1. The van der Waals surface area contributed by atoms with E-state index in [0.29, 0.717) is 5.92 Å². The van der Waals surface area contributed by atoms with Gasteiger partial charge in [0.1, 0.15) is 0 Å². The monoisotopic (exact) mass is 184 g/mol. The van der Waals surface area contributed by atoms with Crippen LogP contribution in [0.25, 0.3) is 0 Å². The van der Waals surface area contributed by atoms with Crippen LogP contribution in [-0.2, 0) is 5.41 Å². The number of nitrogens with zero attached hydrogens (tertiary/aromatic N) is 2. The molecule has 0 saturated heterocycles. The number of aromatic nitrogens is 2. The highest BCUT2D eigenvalue weighted by molar-refractivity contribution is 7.05. The van der Waals surface area contributed by atoms with E-state index in [9.17, 15) is 0 Å². The number of hydrogen-bond acceptors (Lipinski definition) is 3. The van der Waals surface area contributed by atoms with Crippen molar-refractivity contribution in [2.45, 2.75) is 46.0 Å². The van der Waals surface area contributed by atoms with Crippen LogP contribution in [0.3, 0.4) is 0 Å². The zero-order valence-corrected chi connectivity index (χ0v) is 9.20. The molecule has 0 aliphatic carbocycles. The molecule has 1 heterocycles. The van der Waals surface area contributed by atoms with Crippen molar-refractivity contribution in [3.8, 4) is 0 Å². The van der Waals surface area contributed by atoms with Crippen molar-refractivity contribution < 1.29 is 0 Å². The molecular formula is C9H16N2S. The van der Waals surface area contributed by atoms with Crippen molar-refractivity contribution in [2.24, 2.45) is 0 Å². The highest BCUT2D eigenvalue weighted by Crippen LogP contribution is 2.30. The highest BCUT2D eigenvalue weighted by Gasteiger charge is 2.23. The van der Waals surface area contributed by atoms with Crippen LogP contribution in [0.2, 0.25) is 0 Å². The van der Waals surface area contributed by atoms with Crippen molar-refractivity contribution >= 4 is 11.5 Å².